The molecule has 0 bridgehead atoms. The Morgan fingerprint density at radius 1 is 1.12 bits per heavy atom. The molecule has 0 saturated carbocycles. The highest BCUT2D eigenvalue weighted by atomic mass is 16.4. The van der Waals surface area contributed by atoms with Gasteiger partial charge in [0.05, 0.1) is 0 Å². The van der Waals surface area contributed by atoms with Crippen molar-refractivity contribution in [2.24, 2.45) is 0 Å². The van der Waals surface area contributed by atoms with Crippen molar-refractivity contribution in [3.05, 3.63) is 34.4 Å². The van der Waals surface area contributed by atoms with Gasteiger partial charge < -0.3 is 10.4 Å². The second-order valence-electron chi connectivity index (χ2n) is 5.07. The van der Waals surface area contributed by atoms with E-state index in [9.17, 15) is 4.79 Å². The van der Waals surface area contributed by atoms with Gasteiger partial charge >= 0.3 is 5.97 Å². The molecule has 1 atom stereocenters. The third-order valence-electron chi connectivity index (χ3n) is 3.93. The number of fused-ring (bicyclic) bond motifs is 2. The maximum absolute atomic E-state index is 11.0. The van der Waals surface area contributed by atoms with Crippen molar-refractivity contribution in [2.75, 3.05) is 0 Å². The van der Waals surface area contributed by atoms with Gasteiger partial charge in [-0.15, -0.1) is 0 Å². The number of carboxylic acids is 1. The van der Waals surface area contributed by atoms with Crippen LogP contribution in [0.1, 0.15) is 35.1 Å². The van der Waals surface area contributed by atoms with Gasteiger partial charge in [-0.05, 0) is 54.4 Å². The predicted octanol–water partition coefficient (Wildman–Crippen LogP) is 1.66. The van der Waals surface area contributed by atoms with E-state index < -0.39 is 12.0 Å². The van der Waals surface area contributed by atoms with Gasteiger partial charge in [-0.2, -0.15) is 0 Å². The van der Waals surface area contributed by atoms with Crippen LogP contribution in [0.25, 0.3) is 0 Å². The minimum absolute atomic E-state index is 0.413. The molecule has 90 valence electrons. The molecule has 1 aromatic carbocycles. The van der Waals surface area contributed by atoms with Crippen LogP contribution in [-0.4, -0.2) is 17.1 Å². The van der Waals surface area contributed by atoms with Crippen molar-refractivity contribution < 1.29 is 9.90 Å². The first-order chi connectivity index (χ1) is 8.24. The molecule has 1 aromatic rings. The number of rotatable bonds is 1. The molecule has 0 radical (unpaired) electrons. The number of hydrogen-bond donors (Lipinski definition) is 2. The zero-order valence-electron chi connectivity index (χ0n) is 9.83. The van der Waals surface area contributed by atoms with E-state index in [1.165, 1.54) is 41.5 Å². The second kappa shape index (κ2) is 4.15. The summed E-state index contributed by atoms with van der Waals surface area (Å²) in [6, 6.07) is 4.12. The molecule has 3 heteroatoms. The molecule has 1 heterocycles. The number of hydrogen-bond acceptors (Lipinski definition) is 2. The molecule has 3 nitrogen and oxygen atoms in total. The fourth-order valence-corrected chi connectivity index (χ4v) is 2.94. The van der Waals surface area contributed by atoms with E-state index in [4.69, 9.17) is 5.11 Å². The summed E-state index contributed by atoms with van der Waals surface area (Å²) in [5, 5.41) is 12.1. The molecular weight excluding hydrogens is 214 g/mol. The van der Waals surface area contributed by atoms with Crippen LogP contribution in [-0.2, 0) is 30.6 Å². The first-order valence-electron chi connectivity index (χ1n) is 6.34. The van der Waals surface area contributed by atoms with Crippen molar-refractivity contribution in [3.8, 4) is 0 Å². The predicted molar refractivity (Wildman–Crippen MR) is 65.1 cm³/mol. The molecule has 1 unspecified atom stereocenters. The molecule has 1 aliphatic carbocycles. The van der Waals surface area contributed by atoms with Crippen LogP contribution < -0.4 is 5.32 Å². The molecule has 17 heavy (non-hydrogen) atoms. The third kappa shape index (κ3) is 1.95. The second-order valence-corrected chi connectivity index (χ2v) is 5.07. The quantitative estimate of drug-likeness (QED) is 0.773. The summed E-state index contributed by atoms with van der Waals surface area (Å²) in [6.07, 6.45) is 5.53. The lowest BCUT2D eigenvalue weighted by molar-refractivity contribution is -0.139. The normalized spacial score (nSPS) is 22.7. The SMILES string of the molecule is O=C(O)C1Cc2cc3c(cc2CN1)CCCC3. The number of aliphatic carboxylic acids is 1. The number of benzene rings is 1. The molecule has 0 amide bonds. The van der Waals surface area contributed by atoms with Crippen LogP contribution in [0.2, 0.25) is 0 Å². The molecule has 1 aliphatic heterocycles. The van der Waals surface area contributed by atoms with Gasteiger partial charge in [0, 0.05) is 6.54 Å². The summed E-state index contributed by atoms with van der Waals surface area (Å²) < 4.78 is 0. The lowest BCUT2D eigenvalue weighted by atomic mass is 9.85. The van der Waals surface area contributed by atoms with E-state index in [0.717, 1.165) is 6.42 Å². The van der Waals surface area contributed by atoms with Crippen LogP contribution in [0.15, 0.2) is 12.1 Å². The van der Waals surface area contributed by atoms with Crippen molar-refractivity contribution >= 4 is 5.97 Å². The van der Waals surface area contributed by atoms with E-state index in [0.29, 0.717) is 13.0 Å². The van der Waals surface area contributed by atoms with E-state index in [-0.39, 0.29) is 0 Å². The average molecular weight is 231 g/mol. The molecule has 0 spiro atoms. The van der Waals surface area contributed by atoms with Crippen LogP contribution in [0.3, 0.4) is 0 Å². The Kier molecular flexibility index (Phi) is 2.63. The Morgan fingerprint density at radius 2 is 1.76 bits per heavy atom. The lowest BCUT2D eigenvalue weighted by Crippen LogP contribution is -2.41. The standard InChI is InChI=1S/C14H17NO2/c16-14(17)13-7-11-5-9-3-1-2-4-10(9)6-12(11)8-15-13/h5-6,13,15H,1-4,7-8H2,(H,16,17). The van der Waals surface area contributed by atoms with E-state index in [1.807, 2.05) is 0 Å². The highest BCUT2D eigenvalue weighted by molar-refractivity contribution is 5.74. The summed E-state index contributed by atoms with van der Waals surface area (Å²) >= 11 is 0. The van der Waals surface area contributed by atoms with Crippen LogP contribution >= 0.6 is 0 Å². The minimum Gasteiger partial charge on any atom is -0.480 e. The minimum atomic E-state index is -0.742. The molecule has 0 aromatic heterocycles. The fourth-order valence-electron chi connectivity index (χ4n) is 2.94. The smallest absolute Gasteiger partial charge is 0.321 e. The number of nitrogens with one attached hydrogen (secondary N) is 1. The number of carboxylic acid groups (broad SMARTS) is 1. The topological polar surface area (TPSA) is 49.3 Å². The Hall–Kier alpha value is -1.35. The van der Waals surface area contributed by atoms with Crippen LogP contribution in [0, 0.1) is 0 Å². The number of aryl methyl sites for hydroxylation is 2. The van der Waals surface area contributed by atoms with E-state index in [1.54, 1.807) is 0 Å². The Labute approximate surface area is 101 Å². The Balaban J connectivity index is 1.94. The Morgan fingerprint density at radius 3 is 2.41 bits per heavy atom. The molecule has 3 rings (SSSR count). The zero-order valence-corrected chi connectivity index (χ0v) is 9.83. The Bertz CT molecular complexity index is 468. The van der Waals surface area contributed by atoms with Crippen LogP contribution in [0.4, 0.5) is 0 Å². The summed E-state index contributed by atoms with van der Waals surface area (Å²) in [7, 11) is 0. The van der Waals surface area contributed by atoms with E-state index >= 15 is 0 Å². The monoisotopic (exact) mass is 231 g/mol. The first-order valence-corrected chi connectivity index (χ1v) is 6.34. The summed E-state index contributed by atoms with van der Waals surface area (Å²) in [4.78, 5) is 11.0. The van der Waals surface area contributed by atoms with Gasteiger partial charge in [0.25, 0.3) is 0 Å². The maximum atomic E-state index is 11.0. The van der Waals surface area contributed by atoms with Gasteiger partial charge in [-0.1, -0.05) is 12.1 Å². The molecule has 2 aliphatic rings. The lowest BCUT2D eigenvalue weighted by Gasteiger charge is -2.26. The third-order valence-corrected chi connectivity index (χ3v) is 3.93. The summed E-state index contributed by atoms with van der Waals surface area (Å²) in [5.41, 5.74) is 5.45. The first kappa shape index (κ1) is 10.8. The highest BCUT2D eigenvalue weighted by Gasteiger charge is 2.24. The van der Waals surface area contributed by atoms with Crippen LogP contribution in [0.5, 0.6) is 0 Å². The van der Waals surface area contributed by atoms with E-state index in [2.05, 4.69) is 17.4 Å². The summed E-state index contributed by atoms with van der Waals surface area (Å²) in [5.74, 6) is -0.742. The van der Waals surface area contributed by atoms with Gasteiger partial charge in [-0.25, -0.2) is 0 Å². The van der Waals surface area contributed by atoms with Gasteiger partial charge in [0.1, 0.15) is 6.04 Å². The van der Waals surface area contributed by atoms with Gasteiger partial charge in [0.15, 0.2) is 0 Å². The number of carbonyl (C=O) groups is 1. The molecule has 2 N–H and O–H groups in total. The molecule has 0 fully saturated rings. The van der Waals surface area contributed by atoms with Crippen molar-refractivity contribution in [2.45, 2.75) is 44.7 Å². The van der Waals surface area contributed by atoms with Crippen molar-refractivity contribution in [3.63, 3.8) is 0 Å². The zero-order chi connectivity index (χ0) is 11.8. The average Bonchev–Trinajstić information content (AvgIpc) is 2.35. The van der Waals surface area contributed by atoms with Gasteiger partial charge in [0.2, 0.25) is 0 Å². The maximum Gasteiger partial charge on any atom is 0.321 e. The highest BCUT2D eigenvalue weighted by Crippen LogP contribution is 2.27. The fraction of sp³-hybridized carbons (Fsp3) is 0.500. The van der Waals surface area contributed by atoms with Crippen molar-refractivity contribution in [1.82, 2.24) is 5.32 Å². The van der Waals surface area contributed by atoms with Gasteiger partial charge in [-0.3, -0.25) is 4.79 Å². The van der Waals surface area contributed by atoms with Crippen molar-refractivity contribution in [1.29, 1.82) is 0 Å². The molecule has 0 saturated heterocycles. The molecular formula is C14H17NO2. The largest absolute Gasteiger partial charge is 0.480 e. The summed E-state index contributed by atoms with van der Waals surface area (Å²) in [6.45, 7) is 0.694.